The maximum atomic E-state index is 12.9. The summed E-state index contributed by atoms with van der Waals surface area (Å²) in [5, 5.41) is 7.43. The molecule has 2 aromatic heterocycles. The minimum Gasteiger partial charge on any atom is -0.351 e. The number of aryl methyl sites for hydroxylation is 1. The quantitative estimate of drug-likeness (QED) is 0.721. The average molecular weight is 439 g/mol. The molecule has 1 unspecified atom stereocenters. The summed E-state index contributed by atoms with van der Waals surface area (Å²) < 4.78 is 1.79. The number of hydrogen-bond donors (Lipinski definition) is 1. The zero-order valence-electron chi connectivity index (χ0n) is 18.7. The number of hydrogen-bond acceptors (Lipinski definition) is 5. The minimum absolute atomic E-state index is 0.0436. The Kier molecular flexibility index (Phi) is 6.53. The van der Waals surface area contributed by atoms with Crippen LogP contribution < -0.4 is 5.32 Å². The molecule has 3 amide bonds. The molecule has 32 heavy (non-hydrogen) atoms. The summed E-state index contributed by atoms with van der Waals surface area (Å²) in [6, 6.07) is 5.29. The molecular weight excluding hydrogens is 408 g/mol. The third-order valence-corrected chi connectivity index (χ3v) is 6.47. The molecule has 1 N–H and O–H groups in total. The van der Waals surface area contributed by atoms with Crippen molar-refractivity contribution >= 4 is 17.7 Å². The van der Waals surface area contributed by atoms with Crippen LogP contribution in [-0.2, 0) is 24.7 Å². The van der Waals surface area contributed by atoms with Gasteiger partial charge in [0.15, 0.2) is 5.69 Å². The van der Waals surface area contributed by atoms with Crippen molar-refractivity contribution in [2.75, 3.05) is 26.7 Å². The maximum absolute atomic E-state index is 12.9. The van der Waals surface area contributed by atoms with E-state index in [1.54, 1.807) is 34.0 Å². The van der Waals surface area contributed by atoms with E-state index in [-0.39, 0.29) is 23.8 Å². The van der Waals surface area contributed by atoms with Crippen LogP contribution in [-0.4, -0.2) is 75.0 Å². The summed E-state index contributed by atoms with van der Waals surface area (Å²) in [6.45, 7) is 1.39. The van der Waals surface area contributed by atoms with Crippen LogP contribution in [0, 0.1) is 0 Å². The number of nitrogens with one attached hydrogen (secondary N) is 1. The molecule has 1 aliphatic carbocycles. The van der Waals surface area contributed by atoms with Gasteiger partial charge in [-0.05, 0) is 44.2 Å². The fourth-order valence-electron chi connectivity index (χ4n) is 4.61. The van der Waals surface area contributed by atoms with Crippen molar-refractivity contribution in [1.29, 1.82) is 0 Å². The van der Waals surface area contributed by atoms with Gasteiger partial charge in [-0.1, -0.05) is 6.07 Å². The van der Waals surface area contributed by atoms with Gasteiger partial charge in [-0.3, -0.25) is 24.0 Å². The van der Waals surface area contributed by atoms with Crippen molar-refractivity contribution in [3.8, 4) is 0 Å². The molecule has 3 heterocycles. The Bertz CT molecular complexity index is 1000. The number of nitrogens with zero attached hydrogens (tertiary/aromatic N) is 5. The van der Waals surface area contributed by atoms with Crippen LogP contribution in [0.4, 0.5) is 0 Å². The van der Waals surface area contributed by atoms with Gasteiger partial charge in [0.2, 0.25) is 5.91 Å². The lowest BCUT2D eigenvalue weighted by Crippen LogP contribution is -2.41. The lowest BCUT2D eigenvalue weighted by atomic mass is 9.90. The Labute approximate surface area is 187 Å². The van der Waals surface area contributed by atoms with E-state index in [4.69, 9.17) is 0 Å². The van der Waals surface area contributed by atoms with Gasteiger partial charge in [0.1, 0.15) is 5.69 Å². The summed E-state index contributed by atoms with van der Waals surface area (Å²) in [4.78, 5) is 46.4. The van der Waals surface area contributed by atoms with E-state index in [0.717, 1.165) is 24.1 Å². The number of rotatable bonds is 1. The third-order valence-electron chi connectivity index (χ3n) is 6.47. The summed E-state index contributed by atoms with van der Waals surface area (Å²) >= 11 is 0. The van der Waals surface area contributed by atoms with Crippen LogP contribution in [0.1, 0.15) is 57.9 Å². The van der Waals surface area contributed by atoms with Crippen LogP contribution in [0.5, 0.6) is 0 Å². The van der Waals surface area contributed by atoms with Gasteiger partial charge in [0, 0.05) is 63.6 Å². The predicted molar refractivity (Wildman–Crippen MR) is 118 cm³/mol. The Hall–Kier alpha value is -3.23. The van der Waals surface area contributed by atoms with Gasteiger partial charge in [-0.15, -0.1) is 0 Å². The van der Waals surface area contributed by atoms with E-state index < -0.39 is 0 Å². The first-order valence-corrected chi connectivity index (χ1v) is 11.2. The molecule has 0 saturated carbocycles. The molecule has 2 aromatic rings. The molecule has 170 valence electrons. The number of carbonyl (C=O) groups excluding carboxylic acids is 3. The zero-order chi connectivity index (χ0) is 22.7. The number of likely N-dealkylation sites (N-methyl/N-ethyl adjacent to an activating group) is 1. The fraction of sp³-hybridized carbons (Fsp3) is 0.522. The van der Waals surface area contributed by atoms with Gasteiger partial charge in [0.25, 0.3) is 11.8 Å². The molecule has 2 aliphatic rings. The van der Waals surface area contributed by atoms with Gasteiger partial charge in [-0.2, -0.15) is 5.10 Å². The summed E-state index contributed by atoms with van der Waals surface area (Å²) in [7, 11) is 3.70. The van der Waals surface area contributed by atoms with Crippen molar-refractivity contribution in [3.63, 3.8) is 0 Å². The second-order valence-corrected chi connectivity index (χ2v) is 8.52. The van der Waals surface area contributed by atoms with Crippen molar-refractivity contribution < 1.29 is 14.4 Å². The van der Waals surface area contributed by atoms with Crippen molar-refractivity contribution in [2.45, 2.75) is 44.6 Å². The van der Waals surface area contributed by atoms with Crippen LogP contribution in [0.25, 0.3) is 0 Å². The Morgan fingerprint density at radius 1 is 1.12 bits per heavy atom. The van der Waals surface area contributed by atoms with E-state index in [1.807, 2.05) is 19.0 Å². The van der Waals surface area contributed by atoms with Crippen molar-refractivity contribution in [3.05, 3.63) is 47.0 Å². The Balaban J connectivity index is 1.55. The number of amides is 3. The van der Waals surface area contributed by atoms with E-state index >= 15 is 0 Å². The lowest BCUT2D eigenvalue weighted by Gasteiger charge is -2.32. The molecule has 9 heteroatoms. The Morgan fingerprint density at radius 3 is 2.72 bits per heavy atom. The highest BCUT2D eigenvalue weighted by Crippen LogP contribution is 2.27. The highest BCUT2D eigenvalue weighted by Gasteiger charge is 2.31. The first kappa shape index (κ1) is 22.0. The highest BCUT2D eigenvalue weighted by molar-refractivity contribution is 5.94. The normalized spacial score (nSPS) is 20.4. The van der Waals surface area contributed by atoms with Crippen LogP contribution in [0.15, 0.2) is 24.4 Å². The largest absolute Gasteiger partial charge is 0.351 e. The predicted octanol–water partition coefficient (Wildman–Crippen LogP) is 1.19. The molecule has 0 fully saturated rings. The standard InChI is InChI=1S/C23H30N6O3/c1-27-16-9-10-19-17(15-16)21(26-28(19)2)22(31)25-12-6-14-29(13-5-8-20(27)30)23(32)18-7-3-4-11-24-18/h3-4,7,11,16H,5-6,8-10,12-15H2,1-2H3,(H,25,31). The third kappa shape index (κ3) is 4.51. The summed E-state index contributed by atoms with van der Waals surface area (Å²) in [5.74, 6) is -0.295. The molecule has 0 spiro atoms. The monoisotopic (exact) mass is 438 g/mol. The lowest BCUT2D eigenvalue weighted by molar-refractivity contribution is -0.132. The molecule has 1 aliphatic heterocycles. The molecule has 4 rings (SSSR count). The number of pyridine rings is 1. The molecule has 0 radical (unpaired) electrons. The fourth-order valence-corrected chi connectivity index (χ4v) is 4.61. The van der Waals surface area contributed by atoms with Crippen molar-refractivity contribution in [2.24, 2.45) is 7.05 Å². The van der Waals surface area contributed by atoms with Crippen molar-refractivity contribution in [1.82, 2.24) is 29.9 Å². The second-order valence-electron chi connectivity index (χ2n) is 8.52. The van der Waals surface area contributed by atoms with Crippen LogP contribution in [0.3, 0.4) is 0 Å². The smallest absolute Gasteiger partial charge is 0.272 e. The Morgan fingerprint density at radius 2 is 1.94 bits per heavy atom. The molecule has 0 saturated heterocycles. The number of carbonyl (C=O) groups is 3. The van der Waals surface area contributed by atoms with E-state index in [0.29, 0.717) is 56.7 Å². The van der Waals surface area contributed by atoms with Gasteiger partial charge in [-0.25, -0.2) is 0 Å². The topological polar surface area (TPSA) is 100 Å². The van der Waals surface area contributed by atoms with E-state index in [1.165, 1.54) is 0 Å². The molecule has 1 atom stereocenters. The second kappa shape index (κ2) is 9.50. The zero-order valence-corrected chi connectivity index (χ0v) is 18.7. The minimum atomic E-state index is -0.200. The summed E-state index contributed by atoms with van der Waals surface area (Å²) in [5.41, 5.74) is 2.85. The van der Waals surface area contributed by atoms with E-state index in [9.17, 15) is 14.4 Å². The number of fused-ring (bicyclic) bond motifs is 1. The van der Waals surface area contributed by atoms with Crippen LogP contribution >= 0.6 is 0 Å². The first-order valence-electron chi connectivity index (χ1n) is 11.2. The van der Waals surface area contributed by atoms with E-state index in [2.05, 4.69) is 15.4 Å². The van der Waals surface area contributed by atoms with Gasteiger partial charge in [0.05, 0.1) is 0 Å². The average Bonchev–Trinajstić information content (AvgIpc) is 3.15. The SMILES string of the molecule is CN1C(=O)CCCN(C(=O)c2ccccn2)CCCNC(=O)c2nn(C)c3c2CC1CC3. The molecule has 2 bridgehead atoms. The highest BCUT2D eigenvalue weighted by atomic mass is 16.2. The number of aromatic nitrogens is 3. The van der Waals surface area contributed by atoms with Crippen LogP contribution in [0.2, 0.25) is 0 Å². The first-order chi connectivity index (χ1) is 15.5. The summed E-state index contributed by atoms with van der Waals surface area (Å²) in [6.07, 6.45) is 5.45. The maximum Gasteiger partial charge on any atom is 0.272 e. The molecule has 9 nitrogen and oxygen atoms in total. The molecular formula is C23H30N6O3. The van der Waals surface area contributed by atoms with Gasteiger partial charge >= 0.3 is 0 Å². The van der Waals surface area contributed by atoms with Gasteiger partial charge < -0.3 is 15.1 Å². The molecule has 0 aromatic carbocycles.